The molecule has 1 aliphatic heterocycles. The van der Waals surface area contributed by atoms with Gasteiger partial charge in [0.25, 0.3) is 0 Å². The van der Waals surface area contributed by atoms with E-state index in [1.165, 1.54) is 17.5 Å². The van der Waals surface area contributed by atoms with E-state index in [1.807, 2.05) is 6.07 Å². The number of fused-ring (bicyclic) bond motifs is 5. The van der Waals surface area contributed by atoms with Gasteiger partial charge in [0, 0.05) is 22.3 Å². The van der Waals surface area contributed by atoms with Gasteiger partial charge in [-0.1, -0.05) is 19.4 Å². The number of aliphatic hydroxyl groups excluding tert-OH is 1. The lowest BCUT2D eigenvalue weighted by molar-refractivity contribution is -0.135. The molecule has 218 valence electrons. The van der Waals surface area contributed by atoms with Crippen molar-refractivity contribution in [3.05, 3.63) is 29.3 Å². The van der Waals surface area contributed by atoms with Crippen LogP contribution in [0.1, 0.15) is 94.6 Å². The molecule has 1 unspecified atom stereocenters. The summed E-state index contributed by atoms with van der Waals surface area (Å²) >= 11 is 0. The van der Waals surface area contributed by atoms with Gasteiger partial charge in [0.05, 0.1) is 19.3 Å². The third-order valence-electron chi connectivity index (χ3n) is 10.6. The highest BCUT2D eigenvalue weighted by atomic mass is 32.2. The monoisotopic (exact) mass is 561 g/mol. The Morgan fingerprint density at radius 3 is 2.72 bits per heavy atom. The van der Waals surface area contributed by atoms with Crippen molar-refractivity contribution in [2.24, 2.45) is 23.2 Å². The number of hydrogen-bond acceptors (Lipinski definition) is 5. The van der Waals surface area contributed by atoms with Crippen LogP contribution in [0.2, 0.25) is 0 Å². The van der Waals surface area contributed by atoms with Crippen molar-refractivity contribution in [3.63, 3.8) is 0 Å². The molecule has 0 radical (unpaired) electrons. The van der Waals surface area contributed by atoms with E-state index in [1.54, 1.807) is 0 Å². The average Bonchev–Trinajstić information content (AvgIpc) is 3.23. The van der Waals surface area contributed by atoms with Crippen LogP contribution >= 0.6 is 0 Å². The third-order valence-corrected chi connectivity index (χ3v) is 12.0. The summed E-state index contributed by atoms with van der Waals surface area (Å²) in [5.41, 5.74) is 2.71. The van der Waals surface area contributed by atoms with Gasteiger partial charge in [0.1, 0.15) is 5.75 Å². The van der Waals surface area contributed by atoms with E-state index in [-0.39, 0.29) is 24.2 Å². The number of ether oxygens (including phenoxy) is 1. The molecule has 5 rings (SSSR count). The smallest absolute Gasteiger partial charge is 0.325 e. The number of esters is 1. The minimum Gasteiger partial charge on any atom is -0.426 e. The molecule has 39 heavy (non-hydrogen) atoms. The lowest BCUT2D eigenvalue weighted by Gasteiger charge is -2.53. The van der Waals surface area contributed by atoms with Crippen LogP contribution in [0, 0.1) is 23.2 Å². The van der Waals surface area contributed by atoms with E-state index >= 15 is 0 Å². The number of benzene rings is 1. The average molecular weight is 562 g/mol. The van der Waals surface area contributed by atoms with Crippen molar-refractivity contribution in [2.45, 2.75) is 96.0 Å². The van der Waals surface area contributed by atoms with E-state index in [0.29, 0.717) is 60.3 Å². The van der Waals surface area contributed by atoms with E-state index in [0.717, 1.165) is 70.9 Å². The van der Waals surface area contributed by atoms with E-state index in [2.05, 4.69) is 24.0 Å². The van der Waals surface area contributed by atoms with Gasteiger partial charge in [-0.05, 0) is 136 Å². The van der Waals surface area contributed by atoms with Gasteiger partial charge >= 0.3 is 5.97 Å². The molecule has 0 aromatic heterocycles. The Kier molecular flexibility index (Phi) is 9.82. The first-order valence-corrected chi connectivity index (χ1v) is 17.0. The Morgan fingerprint density at radius 1 is 1.13 bits per heavy atom. The highest BCUT2D eigenvalue weighted by Gasteiger charge is 2.56. The Labute approximate surface area is 236 Å². The number of aliphatic hydroxyl groups is 1. The Hall–Kier alpha value is -1.31. The Morgan fingerprint density at radius 2 is 1.92 bits per heavy atom. The fraction of sp³-hybridized carbons (Fsp3) is 0.781. The summed E-state index contributed by atoms with van der Waals surface area (Å²) in [6, 6.07) is 6.31. The second-order valence-electron chi connectivity index (χ2n) is 13.0. The van der Waals surface area contributed by atoms with Gasteiger partial charge in [0.15, 0.2) is 0 Å². The minimum absolute atomic E-state index is 0.00394. The number of carbonyl (C=O) groups is 1. The molecule has 1 aromatic carbocycles. The van der Waals surface area contributed by atoms with Crippen molar-refractivity contribution in [2.75, 3.05) is 37.8 Å². The second kappa shape index (κ2) is 13.1. The Balaban J connectivity index is 1.30. The topological polar surface area (TPSA) is 66.8 Å². The molecular weight excluding hydrogens is 513 g/mol. The first-order chi connectivity index (χ1) is 18.9. The zero-order chi connectivity index (χ0) is 27.4. The van der Waals surface area contributed by atoms with Crippen LogP contribution < -0.4 is 4.74 Å². The van der Waals surface area contributed by atoms with E-state index in [4.69, 9.17) is 4.74 Å². The van der Waals surface area contributed by atoms with Crippen LogP contribution in [0.5, 0.6) is 5.75 Å². The maximum Gasteiger partial charge on any atom is 0.325 e. The quantitative estimate of drug-likeness (QED) is 0.210. The molecule has 7 atom stereocenters. The molecule has 1 heterocycles. The maximum atomic E-state index is 12.7. The van der Waals surface area contributed by atoms with Gasteiger partial charge in [-0.3, -0.25) is 18.3 Å². The summed E-state index contributed by atoms with van der Waals surface area (Å²) in [5, 5.41) is 10.9. The van der Waals surface area contributed by atoms with Crippen LogP contribution in [0.25, 0.3) is 0 Å². The molecule has 1 saturated heterocycles. The van der Waals surface area contributed by atoms with Crippen LogP contribution in [0.3, 0.4) is 0 Å². The first-order valence-electron chi connectivity index (χ1n) is 15.5. The van der Waals surface area contributed by atoms with Crippen LogP contribution in [-0.2, 0) is 22.0 Å². The molecule has 3 fully saturated rings. The number of carbonyl (C=O) groups excluding carboxylic acids is 1. The Bertz CT molecular complexity index is 1010. The first kappa shape index (κ1) is 29.2. The van der Waals surface area contributed by atoms with Gasteiger partial charge < -0.3 is 9.84 Å². The third kappa shape index (κ3) is 6.62. The lowest BCUT2D eigenvalue weighted by atomic mass is 9.52. The highest BCUT2D eigenvalue weighted by molar-refractivity contribution is 7.84. The zero-order valence-corrected chi connectivity index (χ0v) is 24.6. The molecular formula is C32H48FNO4S. The van der Waals surface area contributed by atoms with Crippen molar-refractivity contribution >= 4 is 16.8 Å². The van der Waals surface area contributed by atoms with Crippen molar-refractivity contribution in [3.8, 4) is 5.75 Å². The highest BCUT2D eigenvalue weighted by Crippen LogP contribution is 2.62. The van der Waals surface area contributed by atoms with Gasteiger partial charge in [0.2, 0.25) is 0 Å². The van der Waals surface area contributed by atoms with Gasteiger partial charge in [-0.2, -0.15) is 0 Å². The predicted molar refractivity (Wildman–Crippen MR) is 154 cm³/mol. The molecule has 2 saturated carbocycles. The summed E-state index contributed by atoms with van der Waals surface area (Å²) in [4.78, 5) is 14.9. The SMILES string of the molecule is C[C@]12CC[C@@H]3c4ccc(OC(=O)CN5CCCCC5)cc4C[C@@H](CCCS(=O)CCCCF)[C@H]3[C@@H]1CC[C@@H]2O. The molecule has 0 bridgehead atoms. The van der Waals surface area contributed by atoms with Gasteiger partial charge in [-0.15, -0.1) is 0 Å². The molecule has 7 heteroatoms. The standard InChI is InChI=1S/C32H48FNO4S/c1-32-14-13-27-26-10-9-25(38-30(36)22-34-16-4-2-5-17-34)21-24(26)20-23(31(27)28(32)11-12-29(32)35)8-7-19-39(37)18-6-3-15-33/h9-10,21,23,27-29,31,35H,2-8,11-20,22H2,1H3/t23-,27-,28+,29+,31-,32+,39?/m1/s1. The van der Waals surface area contributed by atoms with Crippen molar-refractivity contribution in [1.29, 1.82) is 0 Å². The number of piperidine rings is 1. The van der Waals surface area contributed by atoms with Crippen molar-refractivity contribution in [1.82, 2.24) is 4.90 Å². The van der Waals surface area contributed by atoms with Gasteiger partial charge in [-0.25, -0.2) is 0 Å². The predicted octanol–water partition coefficient (Wildman–Crippen LogP) is 5.80. The molecule has 0 amide bonds. The zero-order valence-electron chi connectivity index (χ0n) is 23.8. The molecule has 3 aliphatic carbocycles. The molecule has 0 spiro atoms. The number of alkyl halides is 1. The molecule has 1 N–H and O–H groups in total. The molecule has 1 aromatic rings. The summed E-state index contributed by atoms with van der Waals surface area (Å²) in [6.45, 7) is 4.28. The number of likely N-dealkylation sites (tertiary alicyclic amines) is 1. The summed E-state index contributed by atoms with van der Waals surface area (Å²) in [6.07, 6.45) is 11.5. The maximum absolute atomic E-state index is 12.7. The summed E-state index contributed by atoms with van der Waals surface area (Å²) in [5.74, 6) is 3.75. The molecule has 5 nitrogen and oxygen atoms in total. The van der Waals surface area contributed by atoms with Crippen LogP contribution in [0.15, 0.2) is 18.2 Å². The molecule has 4 aliphatic rings. The summed E-state index contributed by atoms with van der Waals surface area (Å²) in [7, 11) is -0.882. The number of nitrogens with zero attached hydrogens (tertiary/aromatic N) is 1. The number of rotatable bonds is 11. The lowest BCUT2D eigenvalue weighted by Crippen LogP contribution is -2.47. The van der Waals surface area contributed by atoms with Crippen LogP contribution in [-0.4, -0.2) is 64.1 Å². The number of unbranched alkanes of at least 4 members (excludes halogenated alkanes) is 1. The van der Waals surface area contributed by atoms with Crippen LogP contribution in [0.4, 0.5) is 4.39 Å². The van der Waals surface area contributed by atoms with E-state index in [9.17, 15) is 18.5 Å². The summed E-state index contributed by atoms with van der Waals surface area (Å²) < 4.78 is 30.8. The normalized spacial score (nSPS) is 33.2. The second-order valence-corrected chi connectivity index (χ2v) is 14.6. The minimum atomic E-state index is -0.882. The number of hydrogen-bond donors (Lipinski definition) is 1. The van der Waals surface area contributed by atoms with E-state index < -0.39 is 10.8 Å². The number of halogens is 1. The van der Waals surface area contributed by atoms with Crippen molar-refractivity contribution < 1.29 is 23.2 Å². The fourth-order valence-corrected chi connectivity index (χ4v) is 9.73. The fourth-order valence-electron chi connectivity index (χ4n) is 8.51. The largest absolute Gasteiger partial charge is 0.426 e.